The number of ether oxygens (including phenoxy) is 1. The minimum absolute atomic E-state index is 0.160. The number of carbonyl (C=O) groups excluding carboxylic acids is 1. The van der Waals surface area contributed by atoms with Crippen molar-refractivity contribution in [1.29, 1.82) is 0 Å². The number of nitrogens with zero attached hydrogens (tertiary/aromatic N) is 3. The van der Waals surface area contributed by atoms with Crippen molar-refractivity contribution in [1.82, 2.24) is 14.5 Å². The first kappa shape index (κ1) is 17.7. The number of halogens is 1. The number of piperidine rings is 1. The number of likely N-dealkylation sites (tertiary alicyclic amines) is 1. The van der Waals surface area contributed by atoms with Crippen molar-refractivity contribution in [2.75, 3.05) is 13.1 Å². The van der Waals surface area contributed by atoms with Crippen LogP contribution in [-0.4, -0.2) is 39.2 Å². The lowest BCUT2D eigenvalue weighted by Crippen LogP contribution is -2.42. The van der Waals surface area contributed by atoms with E-state index in [2.05, 4.69) is 4.98 Å². The van der Waals surface area contributed by atoms with Crippen LogP contribution in [0.25, 0.3) is 10.9 Å². The highest BCUT2D eigenvalue weighted by atomic mass is 35.5. The van der Waals surface area contributed by atoms with Crippen LogP contribution in [0.5, 0.6) is 0 Å². The smallest absolute Gasteiger partial charge is 0.410 e. The SMILES string of the molecule is CC(C)(C)OC(=O)N1CCC(n2cnc(=O)c3c(Cl)cccc32)CC1. The Bertz CT molecular complexity index is 849. The molecule has 0 radical (unpaired) electrons. The van der Waals surface area contributed by atoms with Crippen molar-refractivity contribution in [3.05, 3.63) is 39.9 Å². The fourth-order valence-electron chi connectivity index (χ4n) is 3.13. The number of carbonyl (C=O) groups is 1. The average molecular weight is 364 g/mol. The van der Waals surface area contributed by atoms with Crippen LogP contribution in [0, 0.1) is 0 Å². The molecule has 0 spiro atoms. The molecule has 0 bridgehead atoms. The quantitative estimate of drug-likeness (QED) is 0.776. The summed E-state index contributed by atoms with van der Waals surface area (Å²) in [5, 5.41) is 0.858. The third kappa shape index (κ3) is 3.79. The Morgan fingerprint density at radius 2 is 1.96 bits per heavy atom. The molecule has 25 heavy (non-hydrogen) atoms. The largest absolute Gasteiger partial charge is 0.444 e. The third-order valence-corrected chi connectivity index (χ3v) is 4.61. The van der Waals surface area contributed by atoms with Crippen LogP contribution in [0.1, 0.15) is 39.7 Å². The molecule has 1 aliphatic rings. The van der Waals surface area contributed by atoms with Gasteiger partial charge in [0.25, 0.3) is 5.56 Å². The lowest BCUT2D eigenvalue weighted by molar-refractivity contribution is 0.0189. The van der Waals surface area contributed by atoms with E-state index in [0.29, 0.717) is 23.5 Å². The van der Waals surface area contributed by atoms with Crippen molar-refractivity contribution in [2.45, 2.75) is 45.3 Å². The Morgan fingerprint density at radius 1 is 1.28 bits per heavy atom. The van der Waals surface area contributed by atoms with Crippen LogP contribution in [0.3, 0.4) is 0 Å². The van der Waals surface area contributed by atoms with Crippen molar-refractivity contribution >= 4 is 28.6 Å². The summed E-state index contributed by atoms with van der Waals surface area (Å²) < 4.78 is 7.42. The first-order valence-electron chi connectivity index (χ1n) is 8.39. The van der Waals surface area contributed by atoms with E-state index in [1.165, 1.54) is 0 Å². The highest BCUT2D eigenvalue weighted by Gasteiger charge is 2.28. The molecule has 1 aromatic heterocycles. The summed E-state index contributed by atoms with van der Waals surface area (Å²) >= 11 is 6.18. The van der Waals surface area contributed by atoms with E-state index in [0.717, 1.165) is 18.4 Å². The van der Waals surface area contributed by atoms with E-state index in [9.17, 15) is 9.59 Å². The number of fused-ring (bicyclic) bond motifs is 1. The second-order valence-electron chi connectivity index (χ2n) is 7.29. The molecule has 1 amide bonds. The maximum absolute atomic E-state index is 12.2. The zero-order valence-electron chi connectivity index (χ0n) is 14.7. The number of hydrogen-bond acceptors (Lipinski definition) is 4. The minimum Gasteiger partial charge on any atom is -0.444 e. The molecule has 0 aliphatic carbocycles. The molecule has 0 saturated carbocycles. The summed E-state index contributed by atoms with van der Waals surface area (Å²) in [4.78, 5) is 29.9. The molecular weight excluding hydrogens is 342 g/mol. The van der Waals surface area contributed by atoms with E-state index in [4.69, 9.17) is 16.3 Å². The van der Waals surface area contributed by atoms with Gasteiger partial charge in [0, 0.05) is 19.1 Å². The monoisotopic (exact) mass is 363 g/mol. The third-order valence-electron chi connectivity index (χ3n) is 4.29. The first-order valence-corrected chi connectivity index (χ1v) is 8.77. The summed E-state index contributed by atoms with van der Waals surface area (Å²) in [5.74, 6) is 0. The van der Waals surface area contributed by atoms with Crippen LogP contribution < -0.4 is 5.56 Å². The second kappa shape index (κ2) is 6.67. The van der Waals surface area contributed by atoms with Crippen LogP contribution in [0.2, 0.25) is 5.02 Å². The van der Waals surface area contributed by atoms with Gasteiger partial charge >= 0.3 is 6.09 Å². The molecule has 2 heterocycles. The Labute approximate surface area is 151 Å². The predicted molar refractivity (Wildman–Crippen MR) is 97.1 cm³/mol. The van der Waals surface area contributed by atoms with Gasteiger partial charge < -0.3 is 14.2 Å². The number of rotatable bonds is 1. The molecule has 7 heteroatoms. The van der Waals surface area contributed by atoms with Crippen molar-refractivity contribution in [3.63, 3.8) is 0 Å². The van der Waals surface area contributed by atoms with Crippen molar-refractivity contribution < 1.29 is 9.53 Å². The van der Waals surface area contributed by atoms with E-state index in [1.807, 2.05) is 37.5 Å². The average Bonchev–Trinajstić information content (AvgIpc) is 2.54. The van der Waals surface area contributed by atoms with Crippen molar-refractivity contribution in [3.8, 4) is 0 Å². The molecule has 0 atom stereocenters. The number of aromatic nitrogens is 2. The molecule has 1 saturated heterocycles. The summed E-state index contributed by atoms with van der Waals surface area (Å²) in [6, 6.07) is 5.57. The lowest BCUT2D eigenvalue weighted by atomic mass is 10.0. The minimum atomic E-state index is -0.497. The zero-order valence-corrected chi connectivity index (χ0v) is 15.4. The van der Waals surface area contributed by atoms with Crippen LogP contribution in [-0.2, 0) is 4.74 Å². The van der Waals surface area contributed by atoms with E-state index in [-0.39, 0.29) is 17.7 Å². The van der Waals surface area contributed by atoms with Gasteiger partial charge in [-0.25, -0.2) is 4.79 Å². The van der Waals surface area contributed by atoms with Crippen LogP contribution in [0.15, 0.2) is 29.3 Å². The summed E-state index contributed by atoms with van der Waals surface area (Å²) in [7, 11) is 0. The molecule has 0 unspecified atom stereocenters. The molecule has 1 aliphatic heterocycles. The maximum Gasteiger partial charge on any atom is 0.410 e. The summed E-state index contributed by atoms with van der Waals surface area (Å²) in [5.41, 5.74) is -0.0324. The Balaban J connectivity index is 1.79. The fraction of sp³-hybridized carbons (Fsp3) is 0.500. The van der Waals surface area contributed by atoms with Gasteiger partial charge in [-0.3, -0.25) is 4.79 Å². The molecule has 2 aromatic rings. The first-order chi connectivity index (χ1) is 11.8. The molecule has 0 N–H and O–H groups in total. The Kier molecular flexibility index (Phi) is 4.73. The summed E-state index contributed by atoms with van der Waals surface area (Å²) in [6.07, 6.45) is 2.84. The molecule has 1 aromatic carbocycles. The van der Waals surface area contributed by atoms with Gasteiger partial charge in [-0.15, -0.1) is 0 Å². The molecule has 3 rings (SSSR count). The van der Waals surface area contributed by atoms with Gasteiger partial charge in [0.15, 0.2) is 0 Å². The lowest BCUT2D eigenvalue weighted by Gasteiger charge is -2.34. The van der Waals surface area contributed by atoms with Crippen LogP contribution >= 0.6 is 11.6 Å². The highest BCUT2D eigenvalue weighted by molar-refractivity contribution is 6.35. The second-order valence-corrected chi connectivity index (χ2v) is 7.70. The van der Waals surface area contributed by atoms with Gasteiger partial charge in [-0.05, 0) is 45.7 Å². The highest BCUT2D eigenvalue weighted by Crippen LogP contribution is 2.28. The van der Waals surface area contributed by atoms with Gasteiger partial charge in [0.1, 0.15) is 5.60 Å². The predicted octanol–water partition coefficient (Wildman–Crippen LogP) is 3.62. The van der Waals surface area contributed by atoms with Gasteiger partial charge in [0.2, 0.25) is 0 Å². The number of hydrogen-bond donors (Lipinski definition) is 0. The summed E-state index contributed by atoms with van der Waals surface area (Å²) in [6.45, 7) is 6.79. The van der Waals surface area contributed by atoms with Crippen molar-refractivity contribution in [2.24, 2.45) is 0 Å². The van der Waals surface area contributed by atoms with Gasteiger partial charge in [-0.2, -0.15) is 4.98 Å². The topological polar surface area (TPSA) is 64.4 Å². The molecular formula is C18H22ClN3O3. The van der Waals surface area contributed by atoms with E-state index in [1.54, 1.807) is 17.3 Å². The maximum atomic E-state index is 12.2. The molecule has 1 fully saturated rings. The van der Waals surface area contributed by atoms with E-state index < -0.39 is 5.60 Å². The number of benzene rings is 1. The Morgan fingerprint density at radius 3 is 2.60 bits per heavy atom. The van der Waals surface area contributed by atoms with Crippen LogP contribution in [0.4, 0.5) is 4.79 Å². The number of amides is 1. The van der Waals surface area contributed by atoms with Gasteiger partial charge in [0.05, 0.1) is 22.3 Å². The zero-order chi connectivity index (χ0) is 18.2. The normalized spacial score (nSPS) is 16.2. The van der Waals surface area contributed by atoms with Gasteiger partial charge in [-0.1, -0.05) is 17.7 Å². The van der Waals surface area contributed by atoms with E-state index >= 15 is 0 Å². The standard InChI is InChI=1S/C18H22ClN3O3/c1-18(2,3)25-17(24)21-9-7-12(8-10-21)22-11-20-16(23)15-13(19)5-4-6-14(15)22/h4-6,11-12H,7-10H2,1-3H3. The molecule has 134 valence electrons. The fourth-order valence-corrected chi connectivity index (χ4v) is 3.38. The Hall–Kier alpha value is -2.08. The molecule has 6 nitrogen and oxygen atoms in total.